The Hall–Kier alpha value is -1.65. The lowest BCUT2D eigenvalue weighted by molar-refractivity contribution is 0.256. The summed E-state index contributed by atoms with van der Waals surface area (Å²) in [5.41, 5.74) is 7.90. The zero-order valence-electron chi connectivity index (χ0n) is 11.3. The Kier molecular flexibility index (Phi) is 3.79. The van der Waals surface area contributed by atoms with Crippen LogP contribution >= 0.6 is 0 Å². The molecule has 5 nitrogen and oxygen atoms in total. The smallest absolute Gasteiger partial charge is 0.253 e. The molecule has 18 heavy (non-hydrogen) atoms. The van der Waals surface area contributed by atoms with Crippen molar-refractivity contribution in [1.29, 1.82) is 0 Å². The first-order chi connectivity index (χ1) is 8.56. The quantitative estimate of drug-likeness (QED) is 0.608. The van der Waals surface area contributed by atoms with E-state index >= 15 is 0 Å². The van der Waals surface area contributed by atoms with E-state index in [1.807, 2.05) is 19.9 Å². The number of hydrogen-bond donors (Lipinski definition) is 1. The molecular weight excluding hydrogens is 226 g/mol. The van der Waals surface area contributed by atoms with Crippen LogP contribution in [0, 0.1) is 13.8 Å². The van der Waals surface area contributed by atoms with Crippen LogP contribution < -0.4 is 5.73 Å². The molecule has 1 aliphatic heterocycles. The van der Waals surface area contributed by atoms with Crippen molar-refractivity contribution >= 4 is 11.9 Å². The summed E-state index contributed by atoms with van der Waals surface area (Å²) in [6, 6.07) is 2.38. The molecule has 0 spiro atoms. The summed E-state index contributed by atoms with van der Waals surface area (Å²) in [6.07, 6.45) is 3.61. The maximum atomic E-state index is 6.07. The van der Waals surface area contributed by atoms with Gasteiger partial charge in [-0.3, -0.25) is 0 Å². The van der Waals surface area contributed by atoms with Gasteiger partial charge in [-0.25, -0.2) is 9.97 Å². The van der Waals surface area contributed by atoms with E-state index in [2.05, 4.69) is 26.8 Å². The van der Waals surface area contributed by atoms with Crippen LogP contribution in [0.15, 0.2) is 11.1 Å². The van der Waals surface area contributed by atoms with Crippen LogP contribution in [0.2, 0.25) is 0 Å². The molecule has 2 rings (SSSR count). The Bertz CT molecular complexity index is 434. The molecule has 1 aromatic rings. The van der Waals surface area contributed by atoms with Crippen LogP contribution in [0.25, 0.3) is 0 Å². The molecule has 0 unspecified atom stereocenters. The largest absolute Gasteiger partial charge is 0.369 e. The van der Waals surface area contributed by atoms with E-state index in [4.69, 9.17) is 5.73 Å². The highest BCUT2D eigenvalue weighted by Crippen LogP contribution is 2.17. The van der Waals surface area contributed by atoms with Crippen LogP contribution in [-0.4, -0.2) is 33.4 Å². The van der Waals surface area contributed by atoms with Crippen LogP contribution in [-0.2, 0) is 0 Å². The van der Waals surface area contributed by atoms with E-state index < -0.39 is 0 Å². The molecular formula is C13H21N5. The third kappa shape index (κ3) is 2.97. The van der Waals surface area contributed by atoms with Gasteiger partial charge in [0.2, 0.25) is 0 Å². The van der Waals surface area contributed by atoms with Gasteiger partial charge < -0.3 is 10.6 Å². The number of aryl methyl sites for hydroxylation is 2. The Morgan fingerprint density at radius 1 is 1.33 bits per heavy atom. The third-order valence-electron chi connectivity index (χ3n) is 3.28. The second-order valence-corrected chi connectivity index (χ2v) is 4.96. The third-order valence-corrected chi connectivity index (χ3v) is 3.28. The Balaban J connectivity index is 2.20. The number of hydrogen-bond acceptors (Lipinski definition) is 3. The van der Waals surface area contributed by atoms with E-state index in [0.29, 0.717) is 17.9 Å². The molecule has 98 valence electrons. The minimum absolute atomic E-state index is 0.452. The average Bonchev–Trinajstić information content (AvgIpc) is 2.27. The lowest BCUT2D eigenvalue weighted by Gasteiger charge is -2.33. The van der Waals surface area contributed by atoms with Crippen molar-refractivity contribution in [2.75, 3.05) is 6.54 Å². The number of nitrogens with zero attached hydrogens (tertiary/aromatic N) is 4. The number of guanidine groups is 1. The van der Waals surface area contributed by atoms with Gasteiger partial charge in [-0.2, -0.15) is 4.99 Å². The van der Waals surface area contributed by atoms with Gasteiger partial charge >= 0.3 is 0 Å². The minimum Gasteiger partial charge on any atom is -0.369 e. The van der Waals surface area contributed by atoms with Gasteiger partial charge in [0, 0.05) is 24.0 Å². The zero-order valence-corrected chi connectivity index (χ0v) is 11.3. The Morgan fingerprint density at radius 2 is 2.00 bits per heavy atom. The summed E-state index contributed by atoms with van der Waals surface area (Å²) in [7, 11) is 0. The maximum absolute atomic E-state index is 6.07. The standard InChI is InChI=1S/C13H21N5/c1-9-8-10(2)16-13(15-9)17-12(14)18-7-5-4-6-11(18)3/h8,11H,4-7H2,1-3H3,(H2,14,15,16,17)/t11-/m1/s1. The van der Waals surface area contributed by atoms with Gasteiger partial charge in [-0.05, 0) is 46.1 Å². The molecule has 1 saturated heterocycles. The predicted octanol–water partition coefficient (Wildman–Crippen LogP) is 1.91. The highest BCUT2D eigenvalue weighted by atomic mass is 15.3. The molecule has 2 heterocycles. The highest BCUT2D eigenvalue weighted by Gasteiger charge is 2.20. The van der Waals surface area contributed by atoms with Crippen molar-refractivity contribution in [3.63, 3.8) is 0 Å². The lowest BCUT2D eigenvalue weighted by Crippen LogP contribution is -2.46. The van der Waals surface area contributed by atoms with Crippen molar-refractivity contribution in [2.24, 2.45) is 10.7 Å². The summed E-state index contributed by atoms with van der Waals surface area (Å²) in [6.45, 7) is 7.03. The fourth-order valence-electron chi connectivity index (χ4n) is 2.36. The fraction of sp³-hybridized carbons (Fsp3) is 0.615. The molecule has 1 atom stereocenters. The van der Waals surface area contributed by atoms with Crippen LogP contribution in [0.5, 0.6) is 0 Å². The van der Waals surface area contributed by atoms with E-state index in [0.717, 1.165) is 17.9 Å². The second-order valence-electron chi connectivity index (χ2n) is 4.96. The first-order valence-corrected chi connectivity index (χ1v) is 6.49. The molecule has 1 aliphatic rings. The van der Waals surface area contributed by atoms with Crippen molar-refractivity contribution in [3.8, 4) is 0 Å². The second kappa shape index (κ2) is 5.33. The summed E-state index contributed by atoms with van der Waals surface area (Å²) < 4.78 is 0. The molecule has 1 fully saturated rings. The zero-order chi connectivity index (χ0) is 13.1. The summed E-state index contributed by atoms with van der Waals surface area (Å²) >= 11 is 0. The van der Waals surface area contributed by atoms with Gasteiger partial charge in [0.25, 0.3) is 5.95 Å². The fourth-order valence-corrected chi connectivity index (χ4v) is 2.36. The predicted molar refractivity (Wildman–Crippen MR) is 72.8 cm³/mol. The minimum atomic E-state index is 0.452. The molecule has 5 heteroatoms. The molecule has 0 amide bonds. The maximum Gasteiger partial charge on any atom is 0.253 e. The molecule has 1 aromatic heterocycles. The van der Waals surface area contributed by atoms with Gasteiger partial charge in [0.05, 0.1) is 0 Å². The number of piperidine rings is 1. The molecule has 2 N–H and O–H groups in total. The van der Waals surface area contributed by atoms with Crippen molar-refractivity contribution in [3.05, 3.63) is 17.5 Å². The van der Waals surface area contributed by atoms with Gasteiger partial charge in [-0.15, -0.1) is 0 Å². The van der Waals surface area contributed by atoms with E-state index in [9.17, 15) is 0 Å². The van der Waals surface area contributed by atoms with Crippen molar-refractivity contribution in [2.45, 2.75) is 46.1 Å². The van der Waals surface area contributed by atoms with E-state index in [1.54, 1.807) is 0 Å². The SMILES string of the molecule is Cc1cc(C)nc(N=C(N)N2CCCC[C@H]2C)n1. The topological polar surface area (TPSA) is 67.4 Å². The summed E-state index contributed by atoms with van der Waals surface area (Å²) in [5.74, 6) is 0.995. The first kappa shape index (κ1) is 12.8. The summed E-state index contributed by atoms with van der Waals surface area (Å²) in [4.78, 5) is 15.1. The van der Waals surface area contributed by atoms with Gasteiger partial charge in [0.1, 0.15) is 0 Å². The molecule has 0 aliphatic carbocycles. The molecule has 0 saturated carbocycles. The normalized spacial score (nSPS) is 21.2. The van der Waals surface area contributed by atoms with Gasteiger partial charge in [0.15, 0.2) is 5.96 Å². The Labute approximate surface area is 108 Å². The molecule has 0 radical (unpaired) electrons. The number of likely N-dealkylation sites (tertiary alicyclic amines) is 1. The lowest BCUT2D eigenvalue weighted by atomic mass is 10.0. The first-order valence-electron chi connectivity index (χ1n) is 6.49. The Morgan fingerprint density at radius 3 is 2.61 bits per heavy atom. The molecule has 0 aromatic carbocycles. The average molecular weight is 247 g/mol. The number of rotatable bonds is 1. The monoisotopic (exact) mass is 247 g/mol. The highest BCUT2D eigenvalue weighted by molar-refractivity contribution is 5.80. The van der Waals surface area contributed by atoms with Crippen molar-refractivity contribution in [1.82, 2.24) is 14.9 Å². The van der Waals surface area contributed by atoms with Crippen LogP contribution in [0.1, 0.15) is 37.6 Å². The number of aromatic nitrogens is 2. The number of aliphatic imine (C=N–C) groups is 1. The van der Waals surface area contributed by atoms with E-state index in [1.165, 1.54) is 19.3 Å². The van der Waals surface area contributed by atoms with E-state index in [-0.39, 0.29) is 0 Å². The summed E-state index contributed by atoms with van der Waals surface area (Å²) in [5, 5.41) is 0. The van der Waals surface area contributed by atoms with Crippen molar-refractivity contribution < 1.29 is 0 Å². The molecule has 0 bridgehead atoms. The van der Waals surface area contributed by atoms with Gasteiger partial charge in [-0.1, -0.05) is 0 Å². The van der Waals surface area contributed by atoms with Crippen LogP contribution in [0.4, 0.5) is 5.95 Å². The van der Waals surface area contributed by atoms with Crippen LogP contribution in [0.3, 0.4) is 0 Å². The number of nitrogens with two attached hydrogens (primary N) is 1.